The van der Waals surface area contributed by atoms with Gasteiger partial charge in [0.25, 0.3) is 5.91 Å². The average Bonchev–Trinajstić information content (AvgIpc) is 3.28. The van der Waals surface area contributed by atoms with Gasteiger partial charge in [0.1, 0.15) is 5.00 Å². The fraction of sp³-hybridized carbons (Fsp3) is 0.321. The van der Waals surface area contributed by atoms with Gasteiger partial charge in [-0.25, -0.2) is 9.59 Å². The number of anilines is 1. The Morgan fingerprint density at radius 2 is 1.90 bits per heavy atom. The molecule has 2 atom stereocenters. The van der Waals surface area contributed by atoms with Crippen LogP contribution in [0.2, 0.25) is 0 Å². The van der Waals surface area contributed by atoms with Crippen LogP contribution in [-0.2, 0) is 27.1 Å². The van der Waals surface area contributed by atoms with Gasteiger partial charge in [-0.05, 0) is 49.8 Å². The fourth-order valence-corrected chi connectivity index (χ4v) is 5.87. The molecule has 39 heavy (non-hydrogen) atoms. The summed E-state index contributed by atoms with van der Waals surface area (Å²) in [5, 5.41) is 14.6. The third-order valence-electron chi connectivity index (χ3n) is 6.40. The van der Waals surface area contributed by atoms with Gasteiger partial charge in [-0.3, -0.25) is 14.9 Å². The number of benzene rings is 2. The molecule has 4 rings (SSSR count). The molecule has 1 heterocycles. The van der Waals surface area contributed by atoms with Crippen molar-refractivity contribution in [2.75, 3.05) is 19.0 Å². The monoisotopic (exact) mass is 552 g/mol. The molecule has 0 fully saturated rings. The van der Waals surface area contributed by atoms with Crippen LogP contribution in [0.25, 0.3) is 0 Å². The Morgan fingerprint density at radius 3 is 2.56 bits per heavy atom. The maximum atomic E-state index is 13.6. The lowest BCUT2D eigenvalue weighted by molar-refractivity contribution is -0.385. The standard InChI is InChI=1S/C28H28N2O8S/c1-4-37-28(33)23-19-12-10-16(2)14-22(19)39-26(23)29-25(31)24(17-8-6-5-7-9-17)38-27(32)18-11-13-21(36-3)20(15-18)30(34)35/h5-9,11,13,15-16,24H,4,10,12,14H2,1-3H3,(H,29,31)/t16-,24+/m1/s1. The van der Waals surface area contributed by atoms with E-state index < -0.39 is 34.6 Å². The van der Waals surface area contributed by atoms with Crippen molar-refractivity contribution in [3.05, 3.63) is 85.8 Å². The lowest BCUT2D eigenvalue weighted by Gasteiger charge is -2.19. The first-order valence-electron chi connectivity index (χ1n) is 12.4. The molecule has 1 N–H and O–H groups in total. The van der Waals surface area contributed by atoms with E-state index in [1.807, 2.05) is 0 Å². The van der Waals surface area contributed by atoms with Gasteiger partial charge in [0.2, 0.25) is 6.10 Å². The number of methoxy groups -OCH3 is 1. The molecule has 1 aromatic heterocycles. The highest BCUT2D eigenvalue weighted by Crippen LogP contribution is 2.40. The van der Waals surface area contributed by atoms with E-state index in [9.17, 15) is 24.5 Å². The number of thiophene rings is 1. The third kappa shape index (κ3) is 6.09. The number of nitro groups is 1. The first kappa shape index (κ1) is 27.8. The minimum atomic E-state index is -1.40. The molecule has 10 nitrogen and oxygen atoms in total. The predicted octanol–water partition coefficient (Wildman–Crippen LogP) is 5.50. The Hall–Kier alpha value is -4.25. The Morgan fingerprint density at radius 1 is 1.15 bits per heavy atom. The van der Waals surface area contributed by atoms with Gasteiger partial charge in [0.05, 0.1) is 29.8 Å². The van der Waals surface area contributed by atoms with Crippen LogP contribution in [0.5, 0.6) is 5.75 Å². The molecule has 11 heteroatoms. The van der Waals surface area contributed by atoms with Gasteiger partial charge in [-0.1, -0.05) is 37.3 Å². The molecular formula is C28H28N2O8S. The third-order valence-corrected chi connectivity index (χ3v) is 7.57. The van der Waals surface area contributed by atoms with Crippen molar-refractivity contribution in [3.63, 3.8) is 0 Å². The summed E-state index contributed by atoms with van der Waals surface area (Å²) >= 11 is 1.32. The number of hydrogen-bond donors (Lipinski definition) is 1. The van der Waals surface area contributed by atoms with E-state index >= 15 is 0 Å². The molecule has 0 saturated carbocycles. The minimum Gasteiger partial charge on any atom is -0.490 e. The molecule has 1 aliphatic rings. The maximum Gasteiger partial charge on any atom is 0.341 e. The van der Waals surface area contributed by atoms with Crippen molar-refractivity contribution in [1.29, 1.82) is 0 Å². The summed E-state index contributed by atoms with van der Waals surface area (Å²) < 4.78 is 15.9. The number of amides is 1. The maximum absolute atomic E-state index is 13.6. The normalized spacial score (nSPS) is 15.0. The smallest absolute Gasteiger partial charge is 0.341 e. The molecule has 3 aromatic rings. The molecule has 0 bridgehead atoms. The first-order chi connectivity index (χ1) is 18.7. The number of nitro benzene ring substituents is 1. The van der Waals surface area contributed by atoms with Crippen LogP contribution in [0, 0.1) is 16.0 Å². The number of rotatable bonds is 9. The summed E-state index contributed by atoms with van der Waals surface area (Å²) in [6.07, 6.45) is 1.01. The molecule has 0 radical (unpaired) electrons. The first-order valence-corrected chi connectivity index (χ1v) is 13.3. The molecule has 204 valence electrons. The fourth-order valence-electron chi connectivity index (χ4n) is 4.47. The zero-order chi connectivity index (χ0) is 28.1. The summed E-state index contributed by atoms with van der Waals surface area (Å²) in [7, 11) is 1.28. The zero-order valence-electron chi connectivity index (χ0n) is 21.7. The van der Waals surface area contributed by atoms with Crippen LogP contribution < -0.4 is 10.1 Å². The van der Waals surface area contributed by atoms with Crippen LogP contribution in [0.4, 0.5) is 10.7 Å². The Labute approximate surface area is 229 Å². The van der Waals surface area contributed by atoms with Crippen molar-refractivity contribution in [1.82, 2.24) is 0 Å². The largest absolute Gasteiger partial charge is 0.490 e. The van der Waals surface area contributed by atoms with E-state index in [4.69, 9.17) is 14.2 Å². The lowest BCUT2D eigenvalue weighted by atomic mass is 9.88. The van der Waals surface area contributed by atoms with Crippen molar-refractivity contribution < 1.29 is 33.5 Å². The highest BCUT2D eigenvalue weighted by atomic mass is 32.1. The van der Waals surface area contributed by atoms with Gasteiger partial charge in [-0.2, -0.15) is 0 Å². The molecular weight excluding hydrogens is 524 g/mol. The molecule has 0 unspecified atom stereocenters. The molecule has 2 aromatic carbocycles. The Balaban J connectivity index is 1.66. The lowest BCUT2D eigenvalue weighted by Crippen LogP contribution is -2.26. The van der Waals surface area contributed by atoms with Crippen molar-refractivity contribution in [2.24, 2.45) is 5.92 Å². The second-order valence-corrected chi connectivity index (χ2v) is 10.2. The highest BCUT2D eigenvalue weighted by molar-refractivity contribution is 7.17. The van der Waals surface area contributed by atoms with Gasteiger partial charge in [0, 0.05) is 16.5 Å². The van der Waals surface area contributed by atoms with E-state index in [2.05, 4.69) is 12.2 Å². The molecule has 0 aliphatic heterocycles. The van der Waals surface area contributed by atoms with Crippen molar-refractivity contribution in [2.45, 2.75) is 39.2 Å². The predicted molar refractivity (Wildman–Crippen MR) is 144 cm³/mol. The summed E-state index contributed by atoms with van der Waals surface area (Å²) in [4.78, 5) is 51.3. The molecule has 0 saturated heterocycles. The number of nitrogens with zero attached hydrogens (tertiary/aromatic N) is 1. The van der Waals surface area contributed by atoms with Gasteiger partial charge >= 0.3 is 17.6 Å². The van der Waals surface area contributed by atoms with Crippen LogP contribution >= 0.6 is 11.3 Å². The molecule has 0 spiro atoms. The van der Waals surface area contributed by atoms with Crippen LogP contribution in [0.3, 0.4) is 0 Å². The highest BCUT2D eigenvalue weighted by Gasteiger charge is 2.32. The van der Waals surface area contributed by atoms with E-state index in [-0.39, 0.29) is 17.9 Å². The van der Waals surface area contributed by atoms with Crippen molar-refractivity contribution in [3.8, 4) is 5.75 Å². The SMILES string of the molecule is CCOC(=O)c1c(NC(=O)[C@@H](OC(=O)c2ccc(OC)c([N+](=O)[O-])c2)c2ccccc2)sc2c1CC[C@@H](C)C2. The molecule has 1 amide bonds. The number of ether oxygens (including phenoxy) is 3. The van der Waals surface area contributed by atoms with E-state index in [0.29, 0.717) is 28.5 Å². The van der Waals surface area contributed by atoms with Crippen LogP contribution in [-0.4, -0.2) is 36.5 Å². The Bertz CT molecular complexity index is 1400. The van der Waals surface area contributed by atoms with Crippen molar-refractivity contribution >= 4 is 39.9 Å². The van der Waals surface area contributed by atoms with Crippen LogP contribution in [0.1, 0.15) is 63.1 Å². The number of carbonyl (C=O) groups is 3. The summed E-state index contributed by atoms with van der Waals surface area (Å²) in [5.74, 6) is -1.69. The van der Waals surface area contributed by atoms with Gasteiger partial charge in [0.15, 0.2) is 5.75 Å². The number of fused-ring (bicyclic) bond motifs is 1. The number of carbonyl (C=O) groups excluding carboxylic acids is 3. The second-order valence-electron chi connectivity index (χ2n) is 9.11. The number of nitrogens with one attached hydrogen (secondary N) is 1. The van der Waals surface area contributed by atoms with Gasteiger partial charge in [-0.15, -0.1) is 11.3 Å². The quantitative estimate of drug-likeness (QED) is 0.209. The Kier molecular flexibility index (Phi) is 8.60. The second kappa shape index (κ2) is 12.1. The van der Waals surface area contributed by atoms with Gasteiger partial charge < -0.3 is 19.5 Å². The van der Waals surface area contributed by atoms with Crippen LogP contribution in [0.15, 0.2) is 48.5 Å². The number of hydrogen-bond acceptors (Lipinski definition) is 9. The summed E-state index contributed by atoms with van der Waals surface area (Å²) in [5.41, 5.74) is 1.07. The van der Waals surface area contributed by atoms with E-state index in [0.717, 1.165) is 29.3 Å². The summed E-state index contributed by atoms with van der Waals surface area (Å²) in [6.45, 7) is 4.04. The summed E-state index contributed by atoms with van der Waals surface area (Å²) in [6, 6.07) is 12.0. The minimum absolute atomic E-state index is 0.0172. The van der Waals surface area contributed by atoms with E-state index in [1.165, 1.54) is 30.6 Å². The number of esters is 2. The topological polar surface area (TPSA) is 134 Å². The average molecular weight is 553 g/mol. The molecule has 1 aliphatic carbocycles. The van der Waals surface area contributed by atoms with E-state index in [1.54, 1.807) is 37.3 Å². The zero-order valence-corrected chi connectivity index (χ0v) is 22.5.